The van der Waals surface area contributed by atoms with Crippen LogP contribution in [0, 0.1) is 5.92 Å². The molecule has 2 heterocycles. The zero-order valence-corrected chi connectivity index (χ0v) is 18.0. The van der Waals surface area contributed by atoms with Gasteiger partial charge in [-0.15, -0.1) is 0 Å². The zero-order chi connectivity index (χ0) is 20.6. The second-order valence-electron chi connectivity index (χ2n) is 8.85. The Balaban J connectivity index is 1.20. The molecule has 0 saturated carbocycles. The molecule has 2 aliphatic rings. The van der Waals surface area contributed by atoms with Gasteiger partial charge in [0, 0.05) is 25.7 Å². The van der Waals surface area contributed by atoms with E-state index in [2.05, 4.69) is 69.7 Å². The van der Waals surface area contributed by atoms with Gasteiger partial charge >= 0.3 is 0 Å². The van der Waals surface area contributed by atoms with Crippen molar-refractivity contribution in [1.82, 2.24) is 15.1 Å². The van der Waals surface area contributed by atoms with E-state index in [9.17, 15) is 4.79 Å². The lowest BCUT2D eigenvalue weighted by Gasteiger charge is -2.42. The van der Waals surface area contributed by atoms with Crippen molar-refractivity contribution < 1.29 is 4.79 Å². The Bertz CT molecular complexity index is 771. The number of hydrogen-bond acceptors (Lipinski definition) is 3. The van der Waals surface area contributed by atoms with Gasteiger partial charge in [0.1, 0.15) is 0 Å². The smallest absolute Gasteiger partial charge is 0.224 e. The number of benzene rings is 2. The van der Waals surface area contributed by atoms with E-state index in [1.54, 1.807) is 0 Å². The van der Waals surface area contributed by atoms with Crippen molar-refractivity contribution in [2.45, 2.75) is 44.7 Å². The highest BCUT2D eigenvalue weighted by molar-refractivity contribution is 5.79. The molecule has 30 heavy (non-hydrogen) atoms. The molecule has 2 saturated heterocycles. The summed E-state index contributed by atoms with van der Waals surface area (Å²) in [7, 11) is 0. The molecular weight excluding hydrogens is 370 g/mol. The minimum absolute atomic E-state index is 0.150. The fourth-order valence-corrected chi connectivity index (χ4v) is 4.96. The Kier molecular flexibility index (Phi) is 7.54. The van der Waals surface area contributed by atoms with Gasteiger partial charge < -0.3 is 5.32 Å². The number of rotatable bonds is 7. The molecule has 2 aromatic rings. The Hall–Kier alpha value is -2.17. The van der Waals surface area contributed by atoms with Gasteiger partial charge in [-0.3, -0.25) is 14.6 Å². The van der Waals surface area contributed by atoms with Gasteiger partial charge in [0.2, 0.25) is 5.91 Å². The van der Waals surface area contributed by atoms with Crippen LogP contribution in [0.1, 0.15) is 36.8 Å². The van der Waals surface area contributed by atoms with Crippen LogP contribution in [0.4, 0.5) is 0 Å². The third-order valence-corrected chi connectivity index (χ3v) is 6.70. The number of likely N-dealkylation sites (tertiary alicyclic amines) is 2. The maximum atomic E-state index is 12.7. The first-order valence-corrected chi connectivity index (χ1v) is 11.6. The van der Waals surface area contributed by atoms with Crippen molar-refractivity contribution in [1.29, 1.82) is 0 Å². The molecule has 1 N–H and O–H groups in total. The molecule has 1 amide bonds. The number of carbonyl (C=O) groups is 1. The molecular formula is C26H35N3O. The van der Waals surface area contributed by atoms with Crippen molar-refractivity contribution in [3.63, 3.8) is 0 Å². The lowest BCUT2D eigenvalue weighted by Crippen LogP contribution is -2.50. The summed E-state index contributed by atoms with van der Waals surface area (Å²) < 4.78 is 0. The van der Waals surface area contributed by atoms with Crippen molar-refractivity contribution in [3.8, 4) is 0 Å². The summed E-state index contributed by atoms with van der Waals surface area (Å²) >= 11 is 0. The van der Waals surface area contributed by atoms with Crippen LogP contribution in [0.3, 0.4) is 0 Å². The average Bonchev–Trinajstić information content (AvgIpc) is 2.81. The molecule has 2 fully saturated rings. The summed E-state index contributed by atoms with van der Waals surface area (Å²) in [5.41, 5.74) is 2.69. The second-order valence-corrected chi connectivity index (χ2v) is 8.85. The number of nitrogens with zero attached hydrogens (tertiary/aromatic N) is 2. The van der Waals surface area contributed by atoms with Crippen molar-refractivity contribution in [2.75, 3.05) is 32.7 Å². The van der Waals surface area contributed by atoms with Crippen molar-refractivity contribution in [3.05, 3.63) is 71.8 Å². The third kappa shape index (κ3) is 5.93. The number of piperidine rings is 2. The van der Waals surface area contributed by atoms with Crippen LogP contribution < -0.4 is 5.32 Å². The zero-order valence-electron chi connectivity index (χ0n) is 18.0. The van der Waals surface area contributed by atoms with Crippen LogP contribution in [0.25, 0.3) is 0 Å². The van der Waals surface area contributed by atoms with E-state index in [-0.39, 0.29) is 11.8 Å². The van der Waals surface area contributed by atoms with E-state index >= 15 is 0 Å². The summed E-state index contributed by atoms with van der Waals surface area (Å²) in [6.07, 6.45) is 5.51. The summed E-state index contributed by atoms with van der Waals surface area (Å²) in [5, 5.41) is 3.18. The Morgan fingerprint density at radius 3 is 2.23 bits per heavy atom. The van der Waals surface area contributed by atoms with Crippen molar-refractivity contribution in [2.24, 2.45) is 5.92 Å². The molecule has 2 aromatic carbocycles. The fraction of sp³-hybridized carbons (Fsp3) is 0.500. The van der Waals surface area contributed by atoms with E-state index in [1.165, 1.54) is 24.0 Å². The molecule has 4 heteroatoms. The predicted octanol–water partition coefficient (Wildman–Crippen LogP) is 3.72. The second kappa shape index (κ2) is 10.7. The lowest BCUT2D eigenvalue weighted by atomic mass is 9.93. The molecule has 0 aliphatic carbocycles. The van der Waals surface area contributed by atoms with E-state index < -0.39 is 0 Å². The van der Waals surface area contributed by atoms with Gasteiger partial charge in [0.15, 0.2) is 0 Å². The maximum Gasteiger partial charge on any atom is 0.224 e. The molecule has 4 nitrogen and oxygen atoms in total. The predicted molar refractivity (Wildman–Crippen MR) is 122 cm³/mol. The van der Waals surface area contributed by atoms with Crippen LogP contribution in [0.15, 0.2) is 60.7 Å². The molecule has 160 valence electrons. The largest absolute Gasteiger partial charge is 0.355 e. The fourth-order valence-electron chi connectivity index (χ4n) is 4.96. The molecule has 2 aliphatic heterocycles. The van der Waals surface area contributed by atoms with Gasteiger partial charge in [-0.25, -0.2) is 0 Å². The summed E-state index contributed by atoms with van der Waals surface area (Å²) in [5.74, 6) is 0.397. The van der Waals surface area contributed by atoms with Gasteiger partial charge in [0.25, 0.3) is 0 Å². The summed E-state index contributed by atoms with van der Waals surface area (Å²) in [6, 6.07) is 21.8. The maximum absolute atomic E-state index is 12.7. The van der Waals surface area contributed by atoms with Crippen molar-refractivity contribution >= 4 is 5.91 Å². The quantitative estimate of drug-likeness (QED) is 0.763. The van der Waals surface area contributed by atoms with Crippen LogP contribution in [-0.4, -0.2) is 54.5 Å². The van der Waals surface area contributed by atoms with E-state index in [0.717, 1.165) is 58.5 Å². The third-order valence-electron chi connectivity index (χ3n) is 6.70. The first kappa shape index (κ1) is 21.1. The Morgan fingerprint density at radius 1 is 0.867 bits per heavy atom. The van der Waals surface area contributed by atoms with Gasteiger partial charge in [0.05, 0.1) is 5.92 Å². The topological polar surface area (TPSA) is 35.6 Å². The van der Waals surface area contributed by atoms with Gasteiger partial charge in [-0.05, 0) is 62.9 Å². The van der Waals surface area contributed by atoms with E-state index in [4.69, 9.17) is 0 Å². The molecule has 0 aromatic heterocycles. The summed E-state index contributed by atoms with van der Waals surface area (Å²) in [4.78, 5) is 17.9. The van der Waals surface area contributed by atoms with Crippen LogP contribution >= 0.6 is 0 Å². The lowest BCUT2D eigenvalue weighted by molar-refractivity contribution is -0.127. The van der Waals surface area contributed by atoms with Crippen LogP contribution in [0.2, 0.25) is 0 Å². The monoisotopic (exact) mass is 405 g/mol. The highest BCUT2D eigenvalue weighted by atomic mass is 16.1. The summed E-state index contributed by atoms with van der Waals surface area (Å²) in [6.45, 7) is 6.18. The SMILES string of the molecule is O=C(NCCc1ccccc1)[C@H]1CCCN(C2CCN(Cc3ccccc3)CC2)C1. The molecule has 4 rings (SSSR count). The number of amides is 1. The van der Waals surface area contributed by atoms with E-state index in [0.29, 0.717) is 6.04 Å². The molecule has 1 atom stereocenters. The number of nitrogens with one attached hydrogen (secondary N) is 1. The number of carbonyl (C=O) groups excluding carboxylic acids is 1. The minimum atomic E-state index is 0.150. The Labute approximate surface area is 181 Å². The molecule has 0 unspecified atom stereocenters. The van der Waals surface area contributed by atoms with Gasteiger partial charge in [-0.1, -0.05) is 60.7 Å². The van der Waals surface area contributed by atoms with Crippen LogP contribution in [-0.2, 0) is 17.8 Å². The normalized spacial score (nSPS) is 21.4. The highest BCUT2D eigenvalue weighted by Crippen LogP contribution is 2.24. The average molecular weight is 406 g/mol. The standard InChI is InChI=1S/C26H35N3O/c30-26(27-16-13-22-8-3-1-4-9-22)24-12-7-17-29(21-24)25-14-18-28(19-15-25)20-23-10-5-2-6-11-23/h1-6,8-11,24-25H,7,12-21H2,(H,27,30)/t24-/m0/s1. The first-order chi connectivity index (χ1) is 14.8. The molecule has 0 bridgehead atoms. The minimum Gasteiger partial charge on any atom is -0.355 e. The molecule has 0 spiro atoms. The Morgan fingerprint density at radius 2 is 1.53 bits per heavy atom. The number of hydrogen-bond donors (Lipinski definition) is 1. The van der Waals surface area contributed by atoms with Gasteiger partial charge in [-0.2, -0.15) is 0 Å². The highest BCUT2D eigenvalue weighted by Gasteiger charge is 2.31. The molecule has 0 radical (unpaired) electrons. The van der Waals surface area contributed by atoms with Crippen LogP contribution in [0.5, 0.6) is 0 Å². The van der Waals surface area contributed by atoms with E-state index in [1.807, 2.05) is 6.07 Å². The first-order valence-electron chi connectivity index (χ1n) is 11.6.